The van der Waals surface area contributed by atoms with Crippen LogP contribution in [0.1, 0.15) is 22.3 Å². The number of benzene rings is 3. The van der Waals surface area contributed by atoms with Gasteiger partial charge in [0.1, 0.15) is 11.3 Å². The van der Waals surface area contributed by atoms with Gasteiger partial charge in [-0.2, -0.15) is 0 Å². The van der Waals surface area contributed by atoms with Crippen LogP contribution in [0.15, 0.2) is 72.8 Å². The lowest BCUT2D eigenvalue weighted by atomic mass is 10.0. The second kappa shape index (κ2) is 9.63. The average Bonchev–Trinajstić information content (AvgIpc) is 3.47. The Balaban J connectivity index is 1.46. The van der Waals surface area contributed by atoms with Gasteiger partial charge in [0, 0.05) is 49.2 Å². The quantitative estimate of drug-likeness (QED) is 0.376. The lowest BCUT2D eigenvalue weighted by Crippen LogP contribution is -2.53. The van der Waals surface area contributed by atoms with E-state index in [1.807, 2.05) is 29.8 Å². The predicted octanol–water partition coefficient (Wildman–Crippen LogP) is 3.79. The number of aliphatic hydroxyl groups is 1. The molecule has 2 atom stereocenters. The van der Waals surface area contributed by atoms with E-state index in [9.17, 15) is 9.90 Å². The van der Waals surface area contributed by atoms with Crippen molar-refractivity contribution in [2.75, 3.05) is 20.2 Å². The maximum absolute atomic E-state index is 13.4. The Hall–Kier alpha value is -4.14. The van der Waals surface area contributed by atoms with Crippen molar-refractivity contribution in [3.05, 3.63) is 83.9 Å². The molecule has 1 aliphatic heterocycles. The van der Waals surface area contributed by atoms with E-state index in [1.54, 1.807) is 18.1 Å². The highest BCUT2D eigenvalue weighted by Gasteiger charge is 2.29. The Labute approximate surface area is 220 Å². The number of aryl methyl sites for hydroxylation is 1. The summed E-state index contributed by atoms with van der Waals surface area (Å²) in [5.41, 5.74) is 11.3. The largest absolute Gasteiger partial charge is 0.494 e. The van der Waals surface area contributed by atoms with Gasteiger partial charge < -0.3 is 29.6 Å². The van der Waals surface area contributed by atoms with E-state index in [1.165, 1.54) is 5.56 Å². The Morgan fingerprint density at radius 3 is 2.63 bits per heavy atom. The number of aromatic nitrogens is 3. The van der Waals surface area contributed by atoms with Crippen molar-refractivity contribution in [3.63, 3.8) is 0 Å². The minimum Gasteiger partial charge on any atom is -0.494 e. The van der Waals surface area contributed by atoms with E-state index >= 15 is 0 Å². The highest BCUT2D eigenvalue weighted by Crippen LogP contribution is 2.35. The van der Waals surface area contributed by atoms with Gasteiger partial charge in [-0.15, -0.1) is 0 Å². The fourth-order valence-electron chi connectivity index (χ4n) is 5.49. The zero-order valence-corrected chi connectivity index (χ0v) is 21.5. The number of amides is 1. The minimum absolute atomic E-state index is 0.141. The number of rotatable bonds is 5. The first-order chi connectivity index (χ1) is 18.4. The first-order valence-corrected chi connectivity index (χ1v) is 12.8. The van der Waals surface area contributed by atoms with Gasteiger partial charge in [0.05, 0.1) is 24.4 Å². The summed E-state index contributed by atoms with van der Waals surface area (Å²) in [4.78, 5) is 20.1. The molecule has 194 valence electrons. The maximum atomic E-state index is 13.4. The van der Waals surface area contributed by atoms with Crippen LogP contribution < -0.4 is 10.5 Å². The van der Waals surface area contributed by atoms with Gasteiger partial charge in [-0.3, -0.25) is 4.79 Å². The lowest BCUT2D eigenvalue weighted by Gasteiger charge is -2.34. The molecule has 0 aliphatic carbocycles. The van der Waals surface area contributed by atoms with Crippen molar-refractivity contribution >= 4 is 27.8 Å². The van der Waals surface area contributed by atoms with Crippen molar-refractivity contribution in [1.82, 2.24) is 19.0 Å². The molecule has 1 aliphatic rings. The third-order valence-corrected chi connectivity index (χ3v) is 7.53. The number of ether oxygens (including phenoxy) is 1. The first kappa shape index (κ1) is 24.2. The van der Waals surface area contributed by atoms with Gasteiger partial charge >= 0.3 is 0 Å². The van der Waals surface area contributed by atoms with Crippen molar-refractivity contribution in [2.24, 2.45) is 12.8 Å². The van der Waals surface area contributed by atoms with Crippen molar-refractivity contribution in [3.8, 4) is 17.3 Å². The third-order valence-electron chi connectivity index (χ3n) is 7.53. The molecule has 2 unspecified atom stereocenters. The topological polar surface area (TPSA) is 98.5 Å². The maximum Gasteiger partial charge on any atom is 0.254 e. The first-order valence-electron chi connectivity index (χ1n) is 12.8. The number of imidazole rings is 1. The van der Waals surface area contributed by atoms with Crippen molar-refractivity contribution in [2.45, 2.75) is 25.1 Å². The molecule has 0 bridgehead atoms. The molecule has 1 saturated heterocycles. The van der Waals surface area contributed by atoms with E-state index < -0.39 is 12.1 Å². The van der Waals surface area contributed by atoms with Gasteiger partial charge in [-0.25, -0.2) is 4.98 Å². The zero-order chi connectivity index (χ0) is 26.4. The smallest absolute Gasteiger partial charge is 0.254 e. The summed E-state index contributed by atoms with van der Waals surface area (Å²) in [6.45, 7) is 1.48. The molecule has 38 heavy (non-hydrogen) atoms. The number of carbonyl (C=O) groups is 1. The number of hydrogen-bond acceptors (Lipinski definition) is 5. The molecule has 6 rings (SSSR count). The van der Waals surface area contributed by atoms with Crippen LogP contribution in [0.2, 0.25) is 0 Å². The molecule has 0 spiro atoms. The second-order valence-electron chi connectivity index (χ2n) is 9.97. The van der Waals surface area contributed by atoms with Crippen molar-refractivity contribution in [1.29, 1.82) is 0 Å². The van der Waals surface area contributed by atoms with Gasteiger partial charge in [0.15, 0.2) is 5.82 Å². The number of nitrogens with zero attached hydrogens (tertiary/aromatic N) is 4. The Bertz CT molecular complexity index is 1640. The van der Waals surface area contributed by atoms with Crippen molar-refractivity contribution < 1.29 is 14.6 Å². The van der Waals surface area contributed by atoms with Gasteiger partial charge in [0.25, 0.3) is 5.91 Å². The molecule has 1 amide bonds. The summed E-state index contributed by atoms with van der Waals surface area (Å²) >= 11 is 0. The summed E-state index contributed by atoms with van der Waals surface area (Å²) in [6.07, 6.45) is -0.122. The molecule has 2 aromatic heterocycles. The molecule has 1 fully saturated rings. The number of methoxy groups -OCH3 is 1. The van der Waals surface area contributed by atoms with E-state index in [-0.39, 0.29) is 5.91 Å². The minimum atomic E-state index is -0.586. The Morgan fingerprint density at radius 1 is 1.11 bits per heavy atom. The molecule has 8 heteroatoms. The fourth-order valence-corrected chi connectivity index (χ4v) is 5.49. The number of fused-ring (bicyclic) bond motifs is 2. The van der Waals surface area contributed by atoms with Crippen LogP contribution in [0.5, 0.6) is 5.75 Å². The highest BCUT2D eigenvalue weighted by molar-refractivity contribution is 6.00. The molecular formula is C30H31N5O3. The second-order valence-corrected chi connectivity index (χ2v) is 9.97. The lowest BCUT2D eigenvalue weighted by molar-refractivity contribution is 0.0459. The summed E-state index contributed by atoms with van der Waals surface area (Å²) in [5.74, 6) is 1.23. The number of carbonyl (C=O) groups excluding carboxylic acids is 1. The number of para-hydroxylation sites is 1. The third kappa shape index (κ3) is 4.12. The number of nitrogens with two attached hydrogens (primary N) is 1. The number of likely N-dealkylation sites (tertiary alicyclic amines) is 1. The van der Waals surface area contributed by atoms with Gasteiger partial charge in [-0.05, 0) is 36.2 Å². The molecule has 5 aromatic rings. The number of hydrogen-bond donors (Lipinski definition) is 2. The van der Waals surface area contributed by atoms with Crippen LogP contribution in [-0.4, -0.2) is 62.4 Å². The zero-order valence-electron chi connectivity index (χ0n) is 21.5. The molecule has 8 nitrogen and oxygen atoms in total. The van der Waals surface area contributed by atoms with Crippen LogP contribution in [0.3, 0.4) is 0 Å². The number of aliphatic hydroxyl groups excluding tert-OH is 1. The van der Waals surface area contributed by atoms with Crippen LogP contribution >= 0.6 is 0 Å². The summed E-state index contributed by atoms with van der Waals surface area (Å²) in [7, 11) is 3.58. The monoisotopic (exact) mass is 509 g/mol. The van der Waals surface area contributed by atoms with E-state index in [0.717, 1.165) is 27.9 Å². The Kier molecular flexibility index (Phi) is 6.13. The Morgan fingerprint density at radius 2 is 1.87 bits per heavy atom. The average molecular weight is 510 g/mol. The SMILES string of the molecule is COc1cc(C(=O)N2CCC(O)C(N)C2)cc2nc(-c3cc4ccccc4n3Cc3ccccc3)n(C)c12. The highest BCUT2D eigenvalue weighted by atomic mass is 16.5. The van der Waals surface area contributed by atoms with Crippen LogP contribution in [0, 0.1) is 0 Å². The standard InChI is InChI=1S/C30H31N5O3/c1-33-28-23(14-21(16-27(28)38-2)30(37)34-13-12-26(36)22(31)18-34)32-29(33)25-15-20-10-6-7-11-24(20)35(25)17-19-8-4-3-5-9-19/h3-11,14-16,22,26,36H,12-13,17-18,31H2,1-2H3. The van der Waals surface area contributed by atoms with Crippen LogP contribution in [-0.2, 0) is 13.6 Å². The summed E-state index contributed by atoms with van der Waals surface area (Å²) < 4.78 is 10.1. The summed E-state index contributed by atoms with van der Waals surface area (Å²) in [6, 6.07) is 24.0. The van der Waals surface area contributed by atoms with E-state index in [2.05, 4.69) is 53.1 Å². The molecular weight excluding hydrogens is 478 g/mol. The fraction of sp³-hybridized carbons (Fsp3) is 0.267. The normalized spacial score (nSPS) is 17.8. The van der Waals surface area contributed by atoms with Gasteiger partial charge in [0.2, 0.25) is 0 Å². The predicted molar refractivity (Wildman–Crippen MR) is 148 cm³/mol. The van der Waals surface area contributed by atoms with Gasteiger partial charge in [-0.1, -0.05) is 48.5 Å². The molecule has 3 heterocycles. The molecule has 0 saturated carbocycles. The molecule has 3 N–H and O–H groups in total. The van der Waals surface area contributed by atoms with E-state index in [0.29, 0.717) is 42.9 Å². The van der Waals surface area contributed by atoms with E-state index in [4.69, 9.17) is 15.5 Å². The summed E-state index contributed by atoms with van der Waals surface area (Å²) in [5, 5.41) is 11.1. The van der Waals surface area contributed by atoms with Crippen LogP contribution in [0.4, 0.5) is 0 Å². The number of piperidine rings is 1. The molecule has 0 radical (unpaired) electrons. The van der Waals surface area contributed by atoms with Crippen LogP contribution in [0.25, 0.3) is 33.5 Å². The molecule has 3 aromatic carbocycles.